The molecule has 94 valence electrons. The molecule has 0 saturated heterocycles. The molecule has 0 bridgehead atoms. The zero-order valence-corrected chi connectivity index (χ0v) is 9.72. The summed E-state index contributed by atoms with van der Waals surface area (Å²) in [6, 6.07) is 5.58. The Balaban J connectivity index is 2.11. The quantitative estimate of drug-likeness (QED) is 0.868. The summed E-state index contributed by atoms with van der Waals surface area (Å²) in [5.74, 6) is -1.73. The van der Waals surface area contributed by atoms with E-state index in [1.165, 1.54) is 12.1 Å². The topological polar surface area (TPSA) is 67.2 Å². The van der Waals surface area contributed by atoms with Gasteiger partial charge >= 0.3 is 5.97 Å². The molecule has 0 fully saturated rings. The largest absolute Gasteiger partial charge is 0.478 e. The summed E-state index contributed by atoms with van der Waals surface area (Å²) < 4.78 is 15.3. The number of hydrogen-bond donors (Lipinski definition) is 2. The van der Waals surface area contributed by atoms with Crippen molar-refractivity contribution in [2.75, 3.05) is 5.32 Å². The third kappa shape index (κ3) is 2.48. The number of carbonyl (C=O) groups is 1. The molecule has 1 aromatic heterocycles. The first-order valence-corrected chi connectivity index (χ1v) is 5.31. The highest BCUT2D eigenvalue weighted by Gasteiger charge is 2.08. The molecule has 0 aliphatic rings. The third-order valence-corrected chi connectivity index (χ3v) is 2.60. The fraction of sp³-hybridized carbons (Fsp3) is 0.167. The summed E-state index contributed by atoms with van der Waals surface area (Å²) >= 11 is 0. The maximum Gasteiger partial charge on any atom is 0.335 e. The molecule has 2 N–H and O–H groups in total. The molecule has 0 atom stereocenters. The van der Waals surface area contributed by atoms with E-state index in [2.05, 4.69) is 10.4 Å². The van der Waals surface area contributed by atoms with E-state index in [1.54, 1.807) is 17.9 Å². The molecular formula is C12H12FN3O2. The lowest BCUT2D eigenvalue weighted by molar-refractivity contribution is 0.0696. The van der Waals surface area contributed by atoms with Gasteiger partial charge in [-0.15, -0.1) is 0 Å². The molecule has 0 radical (unpaired) electrons. The highest BCUT2D eigenvalue weighted by molar-refractivity contribution is 5.88. The fourth-order valence-corrected chi connectivity index (χ4v) is 1.55. The van der Waals surface area contributed by atoms with E-state index in [-0.39, 0.29) is 11.3 Å². The smallest absolute Gasteiger partial charge is 0.335 e. The van der Waals surface area contributed by atoms with Gasteiger partial charge in [0, 0.05) is 13.2 Å². The Morgan fingerprint density at radius 1 is 1.50 bits per heavy atom. The van der Waals surface area contributed by atoms with Crippen LogP contribution in [0.3, 0.4) is 0 Å². The number of aryl methyl sites for hydroxylation is 1. The molecule has 0 amide bonds. The van der Waals surface area contributed by atoms with Gasteiger partial charge in [-0.2, -0.15) is 5.10 Å². The summed E-state index contributed by atoms with van der Waals surface area (Å²) in [5.41, 5.74) is 1.09. The van der Waals surface area contributed by atoms with Gasteiger partial charge in [0.05, 0.1) is 23.5 Å². The van der Waals surface area contributed by atoms with Crippen molar-refractivity contribution in [2.45, 2.75) is 6.54 Å². The van der Waals surface area contributed by atoms with Gasteiger partial charge in [-0.1, -0.05) is 0 Å². The molecule has 2 aromatic rings. The Kier molecular flexibility index (Phi) is 3.27. The number of carboxylic acid groups (broad SMARTS) is 1. The van der Waals surface area contributed by atoms with Gasteiger partial charge in [0.15, 0.2) is 0 Å². The zero-order valence-electron chi connectivity index (χ0n) is 9.72. The van der Waals surface area contributed by atoms with E-state index in [0.717, 1.165) is 11.8 Å². The van der Waals surface area contributed by atoms with Gasteiger partial charge in [0.25, 0.3) is 0 Å². The van der Waals surface area contributed by atoms with E-state index >= 15 is 0 Å². The molecule has 2 rings (SSSR count). The second-order valence-electron chi connectivity index (χ2n) is 3.80. The molecule has 5 nitrogen and oxygen atoms in total. The van der Waals surface area contributed by atoms with Crippen LogP contribution in [0.25, 0.3) is 0 Å². The van der Waals surface area contributed by atoms with Crippen molar-refractivity contribution in [3.63, 3.8) is 0 Å². The Hall–Kier alpha value is -2.37. The molecular weight excluding hydrogens is 237 g/mol. The van der Waals surface area contributed by atoms with Gasteiger partial charge in [-0.25, -0.2) is 9.18 Å². The number of nitrogens with one attached hydrogen (secondary N) is 1. The van der Waals surface area contributed by atoms with Crippen molar-refractivity contribution in [3.05, 3.63) is 47.5 Å². The molecule has 0 saturated carbocycles. The van der Waals surface area contributed by atoms with Crippen LogP contribution in [0.15, 0.2) is 30.5 Å². The number of aromatic carboxylic acids is 1. The van der Waals surface area contributed by atoms with Crippen LogP contribution in [0.1, 0.15) is 16.1 Å². The number of carboxylic acids is 1. The summed E-state index contributed by atoms with van der Waals surface area (Å²) in [6.07, 6.45) is 1.65. The summed E-state index contributed by atoms with van der Waals surface area (Å²) in [7, 11) is 1.79. The van der Waals surface area contributed by atoms with E-state index in [4.69, 9.17) is 5.11 Å². The lowest BCUT2D eigenvalue weighted by atomic mass is 10.2. The Bertz CT molecular complexity index is 580. The van der Waals surface area contributed by atoms with Crippen LogP contribution in [0.2, 0.25) is 0 Å². The first-order valence-electron chi connectivity index (χ1n) is 5.31. The molecule has 0 spiro atoms. The molecule has 0 aliphatic heterocycles. The number of anilines is 1. The number of nitrogens with zero attached hydrogens (tertiary/aromatic N) is 2. The number of rotatable bonds is 4. The SMILES string of the molecule is Cn1nccc1CNc1ccc(C(=O)O)cc1F. The summed E-state index contributed by atoms with van der Waals surface area (Å²) in [5, 5.41) is 15.6. The second-order valence-corrected chi connectivity index (χ2v) is 3.80. The minimum absolute atomic E-state index is 0.0708. The van der Waals surface area contributed by atoms with Gasteiger partial charge < -0.3 is 10.4 Å². The Morgan fingerprint density at radius 2 is 2.28 bits per heavy atom. The molecule has 0 unspecified atom stereocenters. The monoisotopic (exact) mass is 249 g/mol. The number of halogens is 1. The average molecular weight is 249 g/mol. The van der Waals surface area contributed by atoms with Crippen LogP contribution in [0, 0.1) is 5.82 Å². The van der Waals surface area contributed by atoms with Crippen LogP contribution in [0.4, 0.5) is 10.1 Å². The molecule has 1 aromatic carbocycles. The molecule has 6 heteroatoms. The minimum Gasteiger partial charge on any atom is -0.478 e. The maximum absolute atomic E-state index is 13.6. The Morgan fingerprint density at radius 3 is 2.83 bits per heavy atom. The van der Waals surface area contributed by atoms with Crippen molar-refractivity contribution in [1.82, 2.24) is 9.78 Å². The molecule has 18 heavy (non-hydrogen) atoms. The maximum atomic E-state index is 13.6. The first-order chi connectivity index (χ1) is 8.58. The van der Waals surface area contributed by atoms with Gasteiger partial charge in [0.1, 0.15) is 5.82 Å². The van der Waals surface area contributed by atoms with Crippen molar-refractivity contribution in [1.29, 1.82) is 0 Å². The first kappa shape index (κ1) is 12.1. The van der Waals surface area contributed by atoms with Crippen molar-refractivity contribution in [2.24, 2.45) is 7.05 Å². The summed E-state index contributed by atoms with van der Waals surface area (Å²) in [6.45, 7) is 0.417. The average Bonchev–Trinajstić information content (AvgIpc) is 2.73. The van der Waals surface area contributed by atoms with Gasteiger partial charge in [-0.3, -0.25) is 4.68 Å². The normalized spacial score (nSPS) is 10.3. The van der Waals surface area contributed by atoms with E-state index < -0.39 is 11.8 Å². The lowest BCUT2D eigenvalue weighted by Crippen LogP contribution is -2.07. The van der Waals surface area contributed by atoms with E-state index in [0.29, 0.717) is 6.54 Å². The van der Waals surface area contributed by atoms with Crippen LogP contribution < -0.4 is 5.32 Å². The number of hydrogen-bond acceptors (Lipinski definition) is 3. The van der Waals surface area contributed by atoms with E-state index in [9.17, 15) is 9.18 Å². The second kappa shape index (κ2) is 4.87. The van der Waals surface area contributed by atoms with Crippen LogP contribution in [0.5, 0.6) is 0 Å². The molecule has 1 heterocycles. The highest BCUT2D eigenvalue weighted by Crippen LogP contribution is 2.16. The number of aromatic nitrogens is 2. The zero-order chi connectivity index (χ0) is 13.1. The van der Waals surface area contributed by atoms with Gasteiger partial charge in [-0.05, 0) is 24.3 Å². The van der Waals surface area contributed by atoms with Crippen molar-refractivity contribution < 1.29 is 14.3 Å². The standard InChI is InChI=1S/C12H12FN3O2/c1-16-9(4-5-15-16)7-14-11-3-2-8(12(17)18)6-10(11)13/h2-6,14H,7H2,1H3,(H,17,18). The third-order valence-electron chi connectivity index (χ3n) is 2.60. The highest BCUT2D eigenvalue weighted by atomic mass is 19.1. The minimum atomic E-state index is -1.15. The van der Waals surface area contributed by atoms with Gasteiger partial charge in [0.2, 0.25) is 0 Å². The molecule has 0 aliphatic carbocycles. The van der Waals surface area contributed by atoms with Crippen LogP contribution in [-0.2, 0) is 13.6 Å². The predicted molar refractivity (Wildman–Crippen MR) is 63.9 cm³/mol. The summed E-state index contributed by atoms with van der Waals surface area (Å²) in [4.78, 5) is 10.7. The van der Waals surface area contributed by atoms with Crippen molar-refractivity contribution >= 4 is 11.7 Å². The lowest BCUT2D eigenvalue weighted by Gasteiger charge is -2.08. The Labute approximate surface area is 103 Å². The number of benzene rings is 1. The fourth-order valence-electron chi connectivity index (χ4n) is 1.55. The van der Waals surface area contributed by atoms with Crippen LogP contribution >= 0.6 is 0 Å². The van der Waals surface area contributed by atoms with Crippen molar-refractivity contribution in [3.8, 4) is 0 Å². The van der Waals surface area contributed by atoms with Crippen LogP contribution in [-0.4, -0.2) is 20.9 Å². The van der Waals surface area contributed by atoms with E-state index in [1.807, 2.05) is 6.07 Å². The predicted octanol–water partition coefficient (Wildman–Crippen LogP) is 1.87.